The fourth-order valence-corrected chi connectivity index (χ4v) is 1.38. The Labute approximate surface area is 107 Å². The molecule has 0 radical (unpaired) electrons. The molecule has 1 aromatic rings. The van der Waals surface area contributed by atoms with E-state index in [-0.39, 0.29) is 17.4 Å². The summed E-state index contributed by atoms with van der Waals surface area (Å²) in [4.78, 5) is 0. The van der Waals surface area contributed by atoms with E-state index in [1.54, 1.807) is 14.0 Å². The molecule has 0 aliphatic rings. The molecule has 1 N–H and O–H groups in total. The first kappa shape index (κ1) is 15.7. The lowest BCUT2D eigenvalue weighted by atomic mass is 10.1. The zero-order valence-corrected chi connectivity index (χ0v) is 10.4. The fourth-order valence-electron chi connectivity index (χ4n) is 1.38. The lowest BCUT2D eigenvalue weighted by molar-refractivity contribution is -0.148. The van der Waals surface area contributed by atoms with Crippen LogP contribution in [0, 0.1) is 5.82 Å². The molecular formula is C12H14F5NO. The van der Waals surface area contributed by atoms with E-state index in [0.717, 1.165) is 18.2 Å². The van der Waals surface area contributed by atoms with Gasteiger partial charge in [0.25, 0.3) is 0 Å². The Balaban J connectivity index is 2.89. The minimum absolute atomic E-state index is 0.0522. The van der Waals surface area contributed by atoms with Gasteiger partial charge in [0.2, 0.25) is 0 Å². The molecule has 0 aromatic heterocycles. The van der Waals surface area contributed by atoms with Gasteiger partial charge in [-0.15, -0.1) is 0 Å². The molecule has 0 spiro atoms. The van der Waals surface area contributed by atoms with Gasteiger partial charge in [-0.3, -0.25) is 0 Å². The van der Waals surface area contributed by atoms with Crippen LogP contribution < -0.4 is 10.1 Å². The lowest BCUT2D eigenvalue weighted by Gasteiger charge is -2.20. The van der Waals surface area contributed by atoms with E-state index >= 15 is 0 Å². The number of halogens is 5. The van der Waals surface area contributed by atoms with Crippen LogP contribution in [0.4, 0.5) is 22.0 Å². The van der Waals surface area contributed by atoms with Gasteiger partial charge in [0, 0.05) is 11.6 Å². The van der Waals surface area contributed by atoms with E-state index in [4.69, 9.17) is 4.74 Å². The minimum Gasteiger partial charge on any atom is -0.487 e. The molecular weight excluding hydrogens is 269 g/mol. The van der Waals surface area contributed by atoms with E-state index < -0.39 is 24.8 Å². The Morgan fingerprint density at radius 2 is 1.95 bits per heavy atom. The molecule has 108 valence electrons. The molecule has 0 heterocycles. The van der Waals surface area contributed by atoms with Gasteiger partial charge in [0.15, 0.2) is 6.61 Å². The summed E-state index contributed by atoms with van der Waals surface area (Å²) in [5.74, 6) is -4.86. The van der Waals surface area contributed by atoms with Crippen LogP contribution in [0.1, 0.15) is 18.5 Å². The van der Waals surface area contributed by atoms with Crippen LogP contribution in [0.15, 0.2) is 18.2 Å². The smallest absolute Gasteiger partial charge is 0.340 e. The monoisotopic (exact) mass is 283 g/mol. The summed E-state index contributed by atoms with van der Waals surface area (Å²) in [5, 5.41) is 2.79. The van der Waals surface area contributed by atoms with E-state index in [0.29, 0.717) is 0 Å². The predicted octanol–water partition coefficient (Wildman–Crippen LogP) is 3.39. The third-order valence-electron chi connectivity index (χ3n) is 2.61. The molecule has 1 rings (SSSR count). The summed E-state index contributed by atoms with van der Waals surface area (Å²) in [7, 11) is 1.59. The molecule has 1 atom stereocenters. The van der Waals surface area contributed by atoms with Gasteiger partial charge in [0.05, 0.1) is 0 Å². The Morgan fingerprint density at radius 3 is 2.47 bits per heavy atom. The van der Waals surface area contributed by atoms with Crippen molar-refractivity contribution in [3.63, 3.8) is 0 Å². The Hall–Kier alpha value is -1.37. The van der Waals surface area contributed by atoms with Crippen LogP contribution in [-0.4, -0.2) is 26.0 Å². The highest BCUT2D eigenvalue weighted by atomic mass is 19.3. The highest BCUT2D eigenvalue weighted by Crippen LogP contribution is 2.29. The maximum atomic E-state index is 13.1. The maximum absolute atomic E-state index is 13.1. The van der Waals surface area contributed by atoms with Crippen molar-refractivity contribution in [2.45, 2.75) is 25.3 Å². The van der Waals surface area contributed by atoms with Gasteiger partial charge < -0.3 is 10.1 Å². The number of ether oxygens (including phenoxy) is 1. The van der Waals surface area contributed by atoms with Gasteiger partial charge in [-0.05, 0) is 32.2 Å². The largest absolute Gasteiger partial charge is 0.487 e. The molecule has 1 unspecified atom stereocenters. The van der Waals surface area contributed by atoms with E-state index in [9.17, 15) is 22.0 Å². The van der Waals surface area contributed by atoms with Crippen molar-refractivity contribution in [2.75, 3.05) is 13.7 Å². The molecule has 0 saturated heterocycles. The summed E-state index contributed by atoms with van der Waals surface area (Å²) < 4.78 is 67.3. The number of alkyl halides is 4. The first-order chi connectivity index (χ1) is 8.77. The van der Waals surface area contributed by atoms with E-state index in [2.05, 4.69) is 5.32 Å². The van der Waals surface area contributed by atoms with Gasteiger partial charge in [0.1, 0.15) is 11.6 Å². The average molecular weight is 283 g/mol. The van der Waals surface area contributed by atoms with Crippen molar-refractivity contribution in [3.8, 4) is 5.75 Å². The number of nitrogens with one attached hydrogen (secondary N) is 1. The highest BCUT2D eigenvalue weighted by Gasteiger charge is 2.41. The first-order valence-corrected chi connectivity index (χ1v) is 5.53. The molecule has 0 fully saturated rings. The topological polar surface area (TPSA) is 21.3 Å². The molecule has 19 heavy (non-hydrogen) atoms. The van der Waals surface area contributed by atoms with Crippen molar-refractivity contribution in [2.24, 2.45) is 0 Å². The average Bonchev–Trinajstić information content (AvgIpc) is 2.36. The number of hydrogen-bond donors (Lipinski definition) is 1. The summed E-state index contributed by atoms with van der Waals surface area (Å²) in [6, 6.07) is 2.89. The lowest BCUT2D eigenvalue weighted by Crippen LogP contribution is -2.34. The zero-order chi connectivity index (χ0) is 14.6. The third kappa shape index (κ3) is 4.05. The van der Waals surface area contributed by atoms with Crippen LogP contribution in [0.5, 0.6) is 5.75 Å². The fraction of sp³-hybridized carbons (Fsp3) is 0.500. The van der Waals surface area contributed by atoms with E-state index in [1.165, 1.54) is 0 Å². The molecule has 0 aliphatic carbocycles. The molecule has 0 aliphatic heterocycles. The minimum atomic E-state index is -4.24. The third-order valence-corrected chi connectivity index (χ3v) is 2.61. The van der Waals surface area contributed by atoms with Gasteiger partial charge >= 0.3 is 12.3 Å². The van der Waals surface area contributed by atoms with Crippen LogP contribution in [-0.2, 0) is 0 Å². The summed E-state index contributed by atoms with van der Waals surface area (Å²) in [6.07, 6.45) is -3.81. The van der Waals surface area contributed by atoms with E-state index in [1.807, 2.05) is 0 Å². The standard InChI is InChI=1S/C12H14F5NO/c1-7(18-2)9-5-8(13)3-4-10(9)19-6-12(16,17)11(14)15/h3-5,7,11,18H,6H2,1-2H3. The summed E-state index contributed by atoms with van der Waals surface area (Å²) in [5.41, 5.74) is 0.285. The Bertz CT molecular complexity index is 425. The molecule has 2 nitrogen and oxygen atoms in total. The van der Waals surface area contributed by atoms with Crippen molar-refractivity contribution >= 4 is 0 Å². The van der Waals surface area contributed by atoms with Crippen LogP contribution in [0.25, 0.3) is 0 Å². The number of hydrogen-bond acceptors (Lipinski definition) is 2. The molecule has 0 saturated carbocycles. The van der Waals surface area contributed by atoms with Crippen molar-refractivity contribution < 1.29 is 26.7 Å². The zero-order valence-electron chi connectivity index (χ0n) is 10.4. The van der Waals surface area contributed by atoms with Crippen LogP contribution in [0.2, 0.25) is 0 Å². The van der Waals surface area contributed by atoms with Gasteiger partial charge in [-0.25, -0.2) is 13.2 Å². The second kappa shape index (κ2) is 6.18. The predicted molar refractivity (Wildman–Crippen MR) is 60.3 cm³/mol. The van der Waals surface area contributed by atoms with Crippen LogP contribution in [0.3, 0.4) is 0 Å². The number of benzene rings is 1. The Kier molecular flexibility index (Phi) is 5.11. The SMILES string of the molecule is CNC(C)c1cc(F)ccc1OCC(F)(F)C(F)F. The first-order valence-electron chi connectivity index (χ1n) is 5.53. The Morgan fingerprint density at radius 1 is 1.32 bits per heavy atom. The van der Waals surface area contributed by atoms with Crippen molar-refractivity contribution in [1.29, 1.82) is 0 Å². The second-order valence-electron chi connectivity index (χ2n) is 4.04. The quantitative estimate of drug-likeness (QED) is 0.808. The van der Waals surface area contributed by atoms with Crippen LogP contribution >= 0.6 is 0 Å². The van der Waals surface area contributed by atoms with Gasteiger partial charge in [-0.1, -0.05) is 0 Å². The normalized spacial score (nSPS) is 13.7. The number of rotatable bonds is 6. The molecule has 0 amide bonds. The summed E-state index contributed by atoms with van der Waals surface area (Å²) in [6.45, 7) is 0.201. The van der Waals surface area contributed by atoms with Gasteiger partial charge in [-0.2, -0.15) is 8.78 Å². The second-order valence-corrected chi connectivity index (χ2v) is 4.04. The molecule has 0 bridgehead atoms. The molecule has 1 aromatic carbocycles. The maximum Gasteiger partial charge on any atom is 0.340 e. The van der Waals surface area contributed by atoms with Crippen molar-refractivity contribution in [3.05, 3.63) is 29.6 Å². The van der Waals surface area contributed by atoms with Crippen molar-refractivity contribution in [1.82, 2.24) is 5.32 Å². The summed E-state index contributed by atoms with van der Waals surface area (Å²) >= 11 is 0. The molecule has 7 heteroatoms. The highest BCUT2D eigenvalue weighted by molar-refractivity contribution is 5.36.